The molecule has 33 heavy (non-hydrogen) atoms. The maximum Gasteiger partial charge on any atom is 0.416 e. The number of nitrogens with one attached hydrogen (secondary N) is 1. The number of halogens is 4. The maximum atomic E-state index is 14.9. The minimum Gasteiger partial charge on any atom is -0.378 e. The molecule has 0 radical (unpaired) electrons. The molecule has 1 N–H and O–H groups in total. The Labute approximate surface area is 192 Å². The first-order valence-electron chi connectivity index (χ1n) is 10.7. The molecule has 0 bridgehead atoms. The second kappa shape index (κ2) is 8.57. The van der Waals surface area contributed by atoms with Gasteiger partial charge in [-0.25, -0.2) is 14.4 Å². The van der Waals surface area contributed by atoms with Gasteiger partial charge in [0.2, 0.25) is 0 Å². The molecular formula is C23H22F4N4OS. The Morgan fingerprint density at radius 2 is 1.85 bits per heavy atom. The van der Waals surface area contributed by atoms with E-state index in [4.69, 9.17) is 4.74 Å². The predicted molar refractivity (Wildman–Crippen MR) is 120 cm³/mol. The van der Waals surface area contributed by atoms with Gasteiger partial charge in [-0.3, -0.25) is 0 Å². The number of hydrogen-bond donors (Lipinski definition) is 1. The van der Waals surface area contributed by atoms with Crippen LogP contribution in [0.2, 0.25) is 0 Å². The van der Waals surface area contributed by atoms with Crippen LogP contribution < -0.4 is 10.2 Å². The normalized spacial score (nSPS) is 18.1. The number of anilines is 3. The number of rotatable bonds is 5. The number of morpholine rings is 1. The van der Waals surface area contributed by atoms with Crippen LogP contribution in [-0.2, 0) is 16.6 Å². The third-order valence-electron chi connectivity index (χ3n) is 5.97. The van der Waals surface area contributed by atoms with E-state index >= 15 is 0 Å². The average Bonchev–Trinajstić information content (AvgIpc) is 3.28. The van der Waals surface area contributed by atoms with Gasteiger partial charge >= 0.3 is 6.18 Å². The number of ether oxygens (including phenoxy) is 1. The summed E-state index contributed by atoms with van der Waals surface area (Å²) in [4.78, 5) is 11.3. The Morgan fingerprint density at radius 1 is 1.06 bits per heavy atom. The summed E-state index contributed by atoms with van der Waals surface area (Å²) >= 11 is 1.32. The number of pyridine rings is 1. The number of hydrogen-bond acceptors (Lipinski definition) is 6. The quantitative estimate of drug-likeness (QED) is 0.446. The predicted octanol–water partition coefficient (Wildman–Crippen LogP) is 6.15. The first-order valence-corrected chi connectivity index (χ1v) is 11.6. The number of thiazole rings is 1. The largest absolute Gasteiger partial charge is 0.416 e. The first-order chi connectivity index (χ1) is 15.8. The topological polar surface area (TPSA) is 50.3 Å². The van der Waals surface area contributed by atoms with Crippen molar-refractivity contribution in [3.8, 4) is 10.4 Å². The lowest BCUT2D eigenvalue weighted by Gasteiger charge is -2.31. The van der Waals surface area contributed by atoms with E-state index in [-0.39, 0.29) is 5.82 Å². The Bertz CT molecular complexity index is 1140. The van der Waals surface area contributed by atoms with Gasteiger partial charge in [0, 0.05) is 36.9 Å². The molecule has 3 heterocycles. The summed E-state index contributed by atoms with van der Waals surface area (Å²) < 4.78 is 59.7. The number of alkyl halides is 4. The molecule has 10 heteroatoms. The summed E-state index contributed by atoms with van der Waals surface area (Å²) in [5.74, 6) is 0.0945. The van der Waals surface area contributed by atoms with Gasteiger partial charge in [0.1, 0.15) is 10.8 Å². The molecule has 1 saturated carbocycles. The van der Waals surface area contributed by atoms with E-state index in [0.717, 1.165) is 40.9 Å². The van der Waals surface area contributed by atoms with Gasteiger partial charge in [0.15, 0.2) is 5.67 Å². The third kappa shape index (κ3) is 4.67. The molecule has 0 amide bonds. The molecule has 3 aromatic rings. The van der Waals surface area contributed by atoms with Crippen LogP contribution >= 0.6 is 11.3 Å². The van der Waals surface area contributed by atoms with Crippen molar-refractivity contribution in [1.82, 2.24) is 9.97 Å². The zero-order valence-corrected chi connectivity index (χ0v) is 18.5. The molecule has 0 atom stereocenters. The van der Waals surface area contributed by atoms with Crippen molar-refractivity contribution in [1.29, 1.82) is 0 Å². The van der Waals surface area contributed by atoms with Gasteiger partial charge in [-0.15, -0.1) is 11.3 Å². The van der Waals surface area contributed by atoms with E-state index in [1.165, 1.54) is 11.3 Å². The van der Waals surface area contributed by atoms with Gasteiger partial charge in [0.05, 0.1) is 23.7 Å². The van der Waals surface area contributed by atoms with Crippen molar-refractivity contribution in [2.24, 2.45) is 0 Å². The molecule has 1 aliphatic heterocycles. The van der Waals surface area contributed by atoms with Crippen molar-refractivity contribution in [3.63, 3.8) is 0 Å². The van der Waals surface area contributed by atoms with Crippen LogP contribution in [0.4, 0.5) is 34.8 Å². The summed E-state index contributed by atoms with van der Waals surface area (Å²) in [6, 6.07) is 7.62. The third-order valence-corrected chi connectivity index (χ3v) is 7.20. The van der Waals surface area contributed by atoms with Crippen LogP contribution in [-0.4, -0.2) is 36.3 Å². The Hall–Kier alpha value is -2.72. The van der Waals surface area contributed by atoms with Crippen LogP contribution in [0.1, 0.15) is 29.8 Å². The van der Waals surface area contributed by atoms with Gasteiger partial charge in [-0.05, 0) is 55.2 Å². The summed E-state index contributed by atoms with van der Waals surface area (Å²) in [6.07, 6.45) is 0.180. The molecule has 174 valence electrons. The highest BCUT2D eigenvalue weighted by Crippen LogP contribution is 2.47. The van der Waals surface area contributed by atoms with Crippen molar-refractivity contribution < 1.29 is 22.3 Å². The highest BCUT2D eigenvalue weighted by Gasteiger charge is 2.41. The molecule has 2 fully saturated rings. The smallest absolute Gasteiger partial charge is 0.378 e. The van der Waals surface area contributed by atoms with E-state index < -0.39 is 17.4 Å². The number of benzene rings is 1. The van der Waals surface area contributed by atoms with Crippen LogP contribution in [0.5, 0.6) is 0 Å². The highest BCUT2D eigenvalue weighted by molar-refractivity contribution is 7.15. The fourth-order valence-corrected chi connectivity index (χ4v) is 5.01. The maximum absolute atomic E-state index is 14.9. The molecule has 0 spiro atoms. The van der Waals surface area contributed by atoms with Gasteiger partial charge in [-0.1, -0.05) is 0 Å². The summed E-state index contributed by atoms with van der Waals surface area (Å²) in [6.45, 7) is 2.59. The van der Waals surface area contributed by atoms with Gasteiger partial charge < -0.3 is 15.0 Å². The van der Waals surface area contributed by atoms with Crippen molar-refractivity contribution in [2.45, 2.75) is 31.1 Å². The minimum atomic E-state index is -4.46. The molecule has 5 rings (SSSR count). The fourth-order valence-electron chi connectivity index (χ4n) is 3.97. The lowest BCUT2D eigenvalue weighted by molar-refractivity contribution is -0.137. The molecule has 1 saturated heterocycles. The van der Waals surface area contributed by atoms with Crippen molar-refractivity contribution in [2.75, 3.05) is 36.5 Å². The Morgan fingerprint density at radius 3 is 2.55 bits per heavy atom. The van der Waals surface area contributed by atoms with Crippen LogP contribution in [0, 0.1) is 0 Å². The lowest BCUT2D eigenvalue weighted by atomic mass is 9.83. The standard InChI is InChI=1S/C23H22F4N4OS/c24-22(3-1-4-22)21-29-14-19(33-21)15-10-17(13-18(11-15)31-6-8-32-9-7-31)30-20-12-16(2-5-28-20)23(25,26)27/h2,5,10-14H,1,3-4,6-9H2,(H,28,30). The monoisotopic (exact) mass is 478 g/mol. The van der Waals surface area contributed by atoms with Crippen LogP contribution in [0.15, 0.2) is 42.7 Å². The van der Waals surface area contributed by atoms with E-state index in [2.05, 4.69) is 20.2 Å². The van der Waals surface area contributed by atoms with Crippen molar-refractivity contribution >= 4 is 28.5 Å². The Balaban J connectivity index is 1.50. The zero-order chi connectivity index (χ0) is 23.1. The number of aromatic nitrogens is 2. The number of nitrogens with zero attached hydrogens (tertiary/aromatic N) is 3. The van der Waals surface area contributed by atoms with Gasteiger partial charge in [-0.2, -0.15) is 13.2 Å². The molecule has 1 aliphatic carbocycles. The van der Waals surface area contributed by atoms with Crippen LogP contribution in [0.3, 0.4) is 0 Å². The molecular weight excluding hydrogens is 456 g/mol. The van der Waals surface area contributed by atoms with Crippen LogP contribution in [0.25, 0.3) is 10.4 Å². The van der Waals surface area contributed by atoms with E-state index in [0.29, 0.717) is 49.8 Å². The first kappa shape index (κ1) is 22.1. The SMILES string of the molecule is FC(F)(F)c1ccnc(Nc2cc(-c3cnc(C4(F)CCC4)s3)cc(N3CCOCC3)c2)c1. The van der Waals surface area contributed by atoms with E-state index in [9.17, 15) is 17.6 Å². The van der Waals surface area contributed by atoms with E-state index in [1.807, 2.05) is 18.2 Å². The molecule has 2 aliphatic rings. The summed E-state index contributed by atoms with van der Waals surface area (Å²) in [5, 5.41) is 3.49. The molecule has 0 unspecified atom stereocenters. The fraction of sp³-hybridized carbons (Fsp3) is 0.391. The Kier molecular flexibility index (Phi) is 5.74. The van der Waals surface area contributed by atoms with Crippen molar-refractivity contribution in [3.05, 3.63) is 53.3 Å². The summed E-state index contributed by atoms with van der Waals surface area (Å²) in [7, 11) is 0. The lowest BCUT2D eigenvalue weighted by Crippen LogP contribution is -2.36. The minimum absolute atomic E-state index is 0.0945. The van der Waals surface area contributed by atoms with Gasteiger partial charge in [0.25, 0.3) is 0 Å². The summed E-state index contributed by atoms with van der Waals surface area (Å²) in [5.41, 5.74) is 0.201. The highest BCUT2D eigenvalue weighted by atomic mass is 32.1. The second-order valence-corrected chi connectivity index (χ2v) is 9.30. The second-order valence-electron chi connectivity index (χ2n) is 8.27. The zero-order valence-electron chi connectivity index (χ0n) is 17.7. The molecule has 2 aromatic heterocycles. The molecule has 5 nitrogen and oxygen atoms in total. The molecule has 1 aromatic carbocycles. The van der Waals surface area contributed by atoms with E-state index in [1.54, 1.807) is 6.20 Å². The average molecular weight is 479 g/mol.